The fraction of sp³-hybridized carbons (Fsp3) is 0.333. The molecule has 3 nitrogen and oxygen atoms in total. The molecule has 0 saturated heterocycles. The summed E-state index contributed by atoms with van der Waals surface area (Å²) in [6.07, 6.45) is 1.31. The van der Waals surface area contributed by atoms with Crippen LogP contribution in [0.15, 0.2) is 21.5 Å². The first-order valence-electron chi connectivity index (χ1n) is 5.24. The third kappa shape index (κ3) is 2.40. The smallest absolute Gasteiger partial charge is 0.285 e. The number of carbonyl (C=O) groups excluding carboxylic acids is 2. The molecular weight excluding hydrogens is 302 g/mol. The first-order valence-corrected chi connectivity index (χ1v) is 6.85. The lowest BCUT2D eigenvalue weighted by molar-refractivity contribution is 0.0992. The van der Waals surface area contributed by atoms with E-state index in [-0.39, 0.29) is 11.0 Å². The molecule has 0 spiro atoms. The van der Waals surface area contributed by atoms with Gasteiger partial charge in [-0.3, -0.25) is 9.59 Å². The number of rotatable bonds is 1. The molecule has 1 aliphatic rings. The van der Waals surface area contributed by atoms with E-state index < -0.39 is 0 Å². The number of benzene rings is 1. The molecule has 2 rings (SSSR count). The highest BCUT2D eigenvalue weighted by Gasteiger charge is 2.26. The molecule has 1 aliphatic carbocycles. The van der Waals surface area contributed by atoms with Crippen LogP contribution in [0.2, 0.25) is 0 Å². The third-order valence-corrected chi connectivity index (χ3v) is 4.50. The van der Waals surface area contributed by atoms with Crippen LogP contribution in [-0.4, -0.2) is 30.0 Å². The van der Waals surface area contributed by atoms with Crippen molar-refractivity contribution >= 4 is 38.7 Å². The van der Waals surface area contributed by atoms with E-state index in [9.17, 15) is 9.59 Å². The van der Waals surface area contributed by atoms with Crippen molar-refractivity contribution in [2.45, 2.75) is 17.7 Å². The van der Waals surface area contributed by atoms with Gasteiger partial charge in [0.15, 0.2) is 5.78 Å². The van der Waals surface area contributed by atoms with Crippen LogP contribution in [0.5, 0.6) is 0 Å². The van der Waals surface area contributed by atoms with E-state index in [4.69, 9.17) is 0 Å². The normalized spacial score (nSPS) is 13.7. The number of fused-ring (bicyclic) bond motifs is 1. The second-order valence-corrected chi connectivity index (χ2v) is 5.93. The molecule has 0 N–H and O–H groups in total. The third-order valence-electron chi connectivity index (χ3n) is 2.66. The predicted octanol–water partition coefficient (Wildman–Crippen LogP) is 3.35. The van der Waals surface area contributed by atoms with Gasteiger partial charge in [0.25, 0.3) is 5.24 Å². The zero-order chi connectivity index (χ0) is 12.6. The minimum Gasteiger partial charge on any atom is -0.339 e. The molecule has 0 radical (unpaired) electrons. The van der Waals surface area contributed by atoms with Gasteiger partial charge in [0.1, 0.15) is 0 Å². The summed E-state index contributed by atoms with van der Waals surface area (Å²) in [6.45, 7) is 0. The van der Waals surface area contributed by atoms with Crippen molar-refractivity contribution in [2.75, 3.05) is 14.1 Å². The summed E-state index contributed by atoms with van der Waals surface area (Å²) in [5, 5.41) is -0.0609. The maximum Gasteiger partial charge on any atom is 0.285 e. The van der Waals surface area contributed by atoms with Gasteiger partial charge >= 0.3 is 0 Å². The van der Waals surface area contributed by atoms with Crippen molar-refractivity contribution in [3.05, 3.63) is 27.7 Å². The Balaban J connectivity index is 2.40. The molecule has 0 heterocycles. The maximum atomic E-state index is 11.8. The van der Waals surface area contributed by atoms with Crippen molar-refractivity contribution < 1.29 is 9.59 Å². The van der Waals surface area contributed by atoms with Crippen LogP contribution in [0.25, 0.3) is 0 Å². The molecule has 0 aliphatic heterocycles. The largest absolute Gasteiger partial charge is 0.339 e. The number of ketones is 1. The number of Topliss-reactive ketones (excluding diaryl/α,β-unsaturated/α-hetero) is 1. The summed E-state index contributed by atoms with van der Waals surface area (Å²) >= 11 is 4.56. The first kappa shape index (κ1) is 12.6. The molecule has 5 heteroatoms. The van der Waals surface area contributed by atoms with Crippen LogP contribution in [0.1, 0.15) is 22.3 Å². The summed E-state index contributed by atoms with van der Waals surface area (Å²) in [4.78, 5) is 25.8. The van der Waals surface area contributed by atoms with Crippen molar-refractivity contribution in [3.63, 3.8) is 0 Å². The Kier molecular flexibility index (Phi) is 3.58. The topological polar surface area (TPSA) is 37.4 Å². The Hall–Kier alpha value is -0.810. The van der Waals surface area contributed by atoms with Gasteiger partial charge in [-0.1, -0.05) is 15.9 Å². The van der Waals surface area contributed by atoms with E-state index in [1.165, 1.54) is 4.90 Å². The summed E-state index contributed by atoms with van der Waals surface area (Å²) < 4.78 is 0.958. The van der Waals surface area contributed by atoms with Gasteiger partial charge in [0.05, 0.1) is 0 Å². The van der Waals surface area contributed by atoms with Gasteiger partial charge in [0.2, 0.25) is 0 Å². The van der Waals surface area contributed by atoms with Crippen molar-refractivity contribution in [3.8, 4) is 0 Å². The quantitative estimate of drug-likeness (QED) is 0.746. The van der Waals surface area contributed by atoms with Gasteiger partial charge in [-0.25, -0.2) is 0 Å². The fourth-order valence-electron chi connectivity index (χ4n) is 1.78. The van der Waals surface area contributed by atoms with Crippen LogP contribution in [-0.2, 0) is 6.42 Å². The first-order chi connectivity index (χ1) is 8.00. The molecule has 0 saturated carbocycles. The molecule has 0 atom stereocenters. The minimum absolute atomic E-state index is 0.0609. The molecule has 0 fully saturated rings. The summed E-state index contributed by atoms with van der Waals surface area (Å²) in [7, 11) is 3.41. The van der Waals surface area contributed by atoms with Gasteiger partial charge in [-0.2, -0.15) is 0 Å². The van der Waals surface area contributed by atoms with E-state index >= 15 is 0 Å². The molecule has 1 amide bonds. The summed E-state index contributed by atoms with van der Waals surface area (Å²) in [6, 6.07) is 3.74. The van der Waals surface area contributed by atoms with Gasteiger partial charge in [-0.15, -0.1) is 0 Å². The Morgan fingerprint density at radius 3 is 2.71 bits per heavy atom. The minimum atomic E-state index is -0.0609. The molecule has 0 unspecified atom stereocenters. The summed E-state index contributed by atoms with van der Waals surface area (Å²) in [5.41, 5.74) is 1.76. The SMILES string of the molecule is CN(C)C(=O)Sc1ccc(Br)c2c1C(=O)CC2. The van der Waals surface area contributed by atoms with E-state index in [2.05, 4.69) is 15.9 Å². The van der Waals surface area contributed by atoms with Gasteiger partial charge < -0.3 is 4.90 Å². The van der Waals surface area contributed by atoms with E-state index in [0.717, 1.165) is 38.7 Å². The molecular formula is C12H12BrNO2S. The number of amides is 1. The fourth-order valence-corrected chi connectivity index (χ4v) is 3.16. The van der Waals surface area contributed by atoms with E-state index in [0.29, 0.717) is 6.42 Å². The van der Waals surface area contributed by atoms with Crippen molar-refractivity contribution in [1.29, 1.82) is 0 Å². The predicted molar refractivity (Wildman–Crippen MR) is 71.7 cm³/mol. The molecule has 1 aromatic rings. The van der Waals surface area contributed by atoms with Crippen molar-refractivity contribution in [2.24, 2.45) is 0 Å². The summed E-state index contributed by atoms with van der Waals surface area (Å²) in [5.74, 6) is 0.135. The van der Waals surface area contributed by atoms with Gasteiger partial charge in [-0.05, 0) is 35.9 Å². The number of halogens is 1. The lowest BCUT2D eigenvalue weighted by atomic mass is 10.1. The van der Waals surface area contributed by atoms with Crippen LogP contribution in [0.3, 0.4) is 0 Å². The zero-order valence-corrected chi connectivity index (χ0v) is 12.0. The highest BCUT2D eigenvalue weighted by atomic mass is 79.9. The molecule has 90 valence electrons. The molecule has 17 heavy (non-hydrogen) atoms. The molecule has 1 aromatic carbocycles. The highest BCUT2D eigenvalue weighted by Crippen LogP contribution is 2.36. The lowest BCUT2D eigenvalue weighted by Crippen LogP contribution is -2.16. The monoisotopic (exact) mass is 313 g/mol. The number of carbonyl (C=O) groups is 2. The van der Waals surface area contributed by atoms with E-state index in [1.807, 2.05) is 12.1 Å². The zero-order valence-electron chi connectivity index (χ0n) is 9.62. The standard InChI is InChI=1S/C12H12BrNO2S/c1-14(2)12(16)17-10-6-4-8(13)7-3-5-9(15)11(7)10/h4,6H,3,5H2,1-2H3. The number of hydrogen-bond acceptors (Lipinski definition) is 3. The Labute approximate surface area is 113 Å². The highest BCUT2D eigenvalue weighted by molar-refractivity contribution is 9.10. The molecule has 0 bridgehead atoms. The lowest BCUT2D eigenvalue weighted by Gasteiger charge is -2.12. The van der Waals surface area contributed by atoms with Gasteiger partial charge in [0, 0.05) is 35.4 Å². The Bertz CT molecular complexity index is 500. The average molecular weight is 314 g/mol. The van der Waals surface area contributed by atoms with Crippen LogP contribution in [0.4, 0.5) is 4.79 Å². The second kappa shape index (κ2) is 4.82. The van der Waals surface area contributed by atoms with E-state index in [1.54, 1.807) is 14.1 Å². The average Bonchev–Trinajstić information content (AvgIpc) is 2.66. The number of nitrogens with zero attached hydrogens (tertiary/aromatic N) is 1. The second-order valence-electron chi connectivity index (χ2n) is 4.08. The number of thioether (sulfide) groups is 1. The van der Waals surface area contributed by atoms with Crippen LogP contribution >= 0.6 is 27.7 Å². The van der Waals surface area contributed by atoms with Crippen molar-refractivity contribution in [1.82, 2.24) is 4.90 Å². The Morgan fingerprint density at radius 2 is 2.06 bits per heavy atom. The maximum absolute atomic E-state index is 11.8. The molecule has 0 aromatic heterocycles. The number of hydrogen-bond donors (Lipinski definition) is 0. The van der Waals surface area contributed by atoms with Crippen LogP contribution in [0, 0.1) is 0 Å². The van der Waals surface area contributed by atoms with Crippen LogP contribution < -0.4 is 0 Å². The Morgan fingerprint density at radius 1 is 1.35 bits per heavy atom.